The van der Waals surface area contributed by atoms with Gasteiger partial charge < -0.3 is 5.73 Å². The van der Waals surface area contributed by atoms with Gasteiger partial charge in [0.15, 0.2) is 0 Å². The summed E-state index contributed by atoms with van der Waals surface area (Å²) in [5.74, 6) is 0.285. The summed E-state index contributed by atoms with van der Waals surface area (Å²) in [6, 6.07) is -0.0995. The van der Waals surface area contributed by atoms with Crippen molar-refractivity contribution in [3.05, 3.63) is 12.4 Å². The van der Waals surface area contributed by atoms with E-state index in [1.807, 2.05) is 20.8 Å². The molecule has 2 N–H and O–H groups in total. The van der Waals surface area contributed by atoms with Gasteiger partial charge in [-0.2, -0.15) is 4.31 Å². The Morgan fingerprint density at radius 2 is 1.71 bits per heavy atom. The van der Waals surface area contributed by atoms with Crippen molar-refractivity contribution in [2.24, 2.45) is 5.92 Å². The Hall–Kier alpha value is -1.21. The number of sulfonamides is 1. The minimum atomic E-state index is -3.55. The molecule has 0 fully saturated rings. The predicted octanol–water partition coefficient (Wildman–Crippen LogP) is 0.724. The third-order valence-corrected chi connectivity index (χ3v) is 4.76. The average Bonchev–Trinajstić information content (AvgIpc) is 2.27. The van der Waals surface area contributed by atoms with Crippen LogP contribution in [-0.2, 0) is 10.0 Å². The van der Waals surface area contributed by atoms with E-state index in [1.54, 1.807) is 7.05 Å². The number of nitrogens with zero attached hydrogens (tertiary/aromatic N) is 3. The lowest BCUT2D eigenvalue weighted by atomic mass is 10.1. The van der Waals surface area contributed by atoms with Crippen molar-refractivity contribution < 1.29 is 8.42 Å². The number of anilines is 1. The fourth-order valence-electron chi connectivity index (χ4n) is 1.26. The van der Waals surface area contributed by atoms with E-state index in [9.17, 15) is 8.42 Å². The van der Waals surface area contributed by atoms with E-state index >= 15 is 0 Å². The second kappa shape index (κ2) is 4.97. The first-order valence-corrected chi connectivity index (χ1v) is 6.76. The van der Waals surface area contributed by atoms with Crippen LogP contribution in [0.4, 0.5) is 5.95 Å². The molecule has 0 aliphatic rings. The Kier molecular flexibility index (Phi) is 4.05. The molecule has 0 aliphatic carbocycles. The normalized spacial score (nSPS) is 14.2. The molecule has 0 amide bonds. The molecule has 0 spiro atoms. The van der Waals surface area contributed by atoms with Gasteiger partial charge in [-0.25, -0.2) is 18.4 Å². The van der Waals surface area contributed by atoms with Crippen molar-refractivity contribution in [1.82, 2.24) is 14.3 Å². The molecule has 96 valence electrons. The molecule has 7 heteroatoms. The van der Waals surface area contributed by atoms with Crippen LogP contribution in [0.5, 0.6) is 0 Å². The minimum Gasteiger partial charge on any atom is -0.368 e. The van der Waals surface area contributed by atoms with E-state index in [4.69, 9.17) is 5.73 Å². The third-order valence-electron chi connectivity index (χ3n) is 2.86. The molecule has 0 aliphatic heterocycles. The average molecular weight is 258 g/mol. The smallest absolute Gasteiger partial charge is 0.246 e. The molecule has 1 heterocycles. The third kappa shape index (κ3) is 2.92. The molecule has 0 saturated heterocycles. The van der Waals surface area contributed by atoms with Crippen LogP contribution in [-0.4, -0.2) is 35.8 Å². The first kappa shape index (κ1) is 13.9. The van der Waals surface area contributed by atoms with Gasteiger partial charge in [-0.05, 0) is 12.8 Å². The van der Waals surface area contributed by atoms with Crippen molar-refractivity contribution in [3.63, 3.8) is 0 Å². The number of rotatable bonds is 4. The second-order valence-electron chi connectivity index (χ2n) is 4.28. The molecule has 1 atom stereocenters. The molecule has 1 unspecified atom stereocenters. The Labute approximate surface area is 102 Å². The molecular formula is C10H18N4O2S. The second-order valence-corrected chi connectivity index (χ2v) is 6.28. The summed E-state index contributed by atoms with van der Waals surface area (Å²) in [5, 5.41) is 0. The Morgan fingerprint density at radius 3 is 2.12 bits per heavy atom. The summed E-state index contributed by atoms with van der Waals surface area (Å²) in [5.41, 5.74) is 5.32. The maximum Gasteiger partial charge on any atom is 0.246 e. The molecule has 1 rings (SSSR count). The fourth-order valence-corrected chi connectivity index (χ4v) is 2.65. The van der Waals surface area contributed by atoms with Crippen molar-refractivity contribution in [2.45, 2.75) is 31.7 Å². The van der Waals surface area contributed by atoms with E-state index in [2.05, 4.69) is 9.97 Å². The molecular weight excluding hydrogens is 240 g/mol. The highest BCUT2D eigenvalue weighted by Gasteiger charge is 2.27. The van der Waals surface area contributed by atoms with Crippen LogP contribution >= 0.6 is 0 Å². The zero-order valence-electron chi connectivity index (χ0n) is 10.5. The zero-order valence-corrected chi connectivity index (χ0v) is 11.3. The topological polar surface area (TPSA) is 89.2 Å². The lowest BCUT2D eigenvalue weighted by Crippen LogP contribution is -2.38. The van der Waals surface area contributed by atoms with Gasteiger partial charge in [0.2, 0.25) is 16.0 Å². The van der Waals surface area contributed by atoms with Crippen LogP contribution in [0.25, 0.3) is 0 Å². The van der Waals surface area contributed by atoms with Crippen molar-refractivity contribution in [3.8, 4) is 0 Å². The highest BCUT2D eigenvalue weighted by atomic mass is 32.2. The number of nitrogens with two attached hydrogens (primary N) is 1. The van der Waals surface area contributed by atoms with Gasteiger partial charge in [0, 0.05) is 13.1 Å². The van der Waals surface area contributed by atoms with Crippen molar-refractivity contribution in [2.75, 3.05) is 12.8 Å². The van der Waals surface area contributed by atoms with Gasteiger partial charge in [0.1, 0.15) is 4.90 Å². The van der Waals surface area contributed by atoms with Gasteiger partial charge in [0.05, 0.1) is 12.4 Å². The van der Waals surface area contributed by atoms with Crippen LogP contribution in [0.2, 0.25) is 0 Å². The van der Waals surface area contributed by atoms with Crippen LogP contribution in [0.1, 0.15) is 20.8 Å². The molecule has 0 saturated carbocycles. The number of nitrogen functional groups attached to an aromatic ring is 1. The summed E-state index contributed by atoms with van der Waals surface area (Å²) in [6.45, 7) is 5.80. The Bertz CT molecular complexity index is 470. The zero-order chi connectivity index (χ0) is 13.2. The standard InChI is InChI=1S/C10H18N4O2S/c1-7(2)8(3)14(4)17(15,16)9-5-12-10(11)13-6-9/h5-8H,1-4H3,(H2,11,12,13). The van der Waals surface area contributed by atoms with E-state index in [0.29, 0.717) is 0 Å². The van der Waals surface area contributed by atoms with Crippen LogP contribution in [0.15, 0.2) is 17.3 Å². The Balaban J connectivity index is 3.07. The molecule has 0 aromatic carbocycles. The quantitative estimate of drug-likeness (QED) is 0.859. The summed E-state index contributed by atoms with van der Waals surface area (Å²) in [6.07, 6.45) is 2.45. The molecule has 1 aromatic rings. The molecule has 17 heavy (non-hydrogen) atoms. The number of hydrogen-bond acceptors (Lipinski definition) is 5. The van der Waals surface area contributed by atoms with Crippen molar-refractivity contribution >= 4 is 16.0 Å². The summed E-state index contributed by atoms with van der Waals surface area (Å²) in [7, 11) is -2.00. The van der Waals surface area contributed by atoms with E-state index in [1.165, 1.54) is 16.7 Å². The minimum absolute atomic E-state index is 0.0571. The first-order chi connectivity index (χ1) is 7.76. The maximum absolute atomic E-state index is 12.2. The number of hydrogen-bond donors (Lipinski definition) is 1. The first-order valence-electron chi connectivity index (χ1n) is 5.32. The van der Waals surface area contributed by atoms with Crippen LogP contribution < -0.4 is 5.73 Å². The molecule has 6 nitrogen and oxygen atoms in total. The van der Waals surface area contributed by atoms with Crippen LogP contribution in [0.3, 0.4) is 0 Å². The van der Waals surface area contributed by atoms with Gasteiger partial charge in [-0.15, -0.1) is 0 Å². The van der Waals surface area contributed by atoms with Crippen molar-refractivity contribution in [1.29, 1.82) is 0 Å². The van der Waals surface area contributed by atoms with E-state index in [0.717, 1.165) is 0 Å². The van der Waals surface area contributed by atoms with Gasteiger partial charge in [0.25, 0.3) is 0 Å². The highest BCUT2D eigenvalue weighted by molar-refractivity contribution is 7.89. The summed E-state index contributed by atoms with van der Waals surface area (Å²) in [4.78, 5) is 7.44. The monoisotopic (exact) mass is 258 g/mol. The lowest BCUT2D eigenvalue weighted by Gasteiger charge is -2.26. The largest absolute Gasteiger partial charge is 0.368 e. The van der Waals surface area contributed by atoms with Gasteiger partial charge in [-0.3, -0.25) is 0 Å². The van der Waals surface area contributed by atoms with E-state index < -0.39 is 10.0 Å². The van der Waals surface area contributed by atoms with E-state index in [-0.39, 0.29) is 22.8 Å². The van der Waals surface area contributed by atoms with Gasteiger partial charge in [-0.1, -0.05) is 13.8 Å². The Morgan fingerprint density at radius 1 is 1.24 bits per heavy atom. The van der Waals surface area contributed by atoms with Gasteiger partial charge >= 0.3 is 0 Å². The lowest BCUT2D eigenvalue weighted by molar-refractivity contribution is 0.315. The van der Waals surface area contributed by atoms with Crippen LogP contribution in [0, 0.1) is 5.92 Å². The summed E-state index contributed by atoms with van der Waals surface area (Å²) < 4.78 is 25.7. The number of aromatic nitrogens is 2. The highest BCUT2D eigenvalue weighted by Crippen LogP contribution is 2.18. The predicted molar refractivity (Wildman–Crippen MR) is 65.7 cm³/mol. The summed E-state index contributed by atoms with van der Waals surface area (Å²) >= 11 is 0. The SMILES string of the molecule is CC(C)C(C)N(C)S(=O)(=O)c1cnc(N)nc1. The maximum atomic E-state index is 12.2. The molecule has 1 aromatic heterocycles. The fraction of sp³-hybridized carbons (Fsp3) is 0.600. The molecule has 0 bridgehead atoms. The molecule has 0 radical (unpaired) electrons.